The molecule has 0 radical (unpaired) electrons. The van der Waals surface area contributed by atoms with Crippen molar-refractivity contribution in [1.29, 1.82) is 0 Å². The van der Waals surface area contributed by atoms with E-state index in [9.17, 15) is 0 Å². The highest BCUT2D eigenvalue weighted by atomic mass is 35.5. The van der Waals surface area contributed by atoms with Crippen LogP contribution in [0.4, 0.5) is 0 Å². The Kier molecular flexibility index (Phi) is 4.28. The van der Waals surface area contributed by atoms with Crippen LogP contribution in [0.25, 0.3) is 28.1 Å². The lowest BCUT2D eigenvalue weighted by molar-refractivity contribution is 0.415. The number of nitrogens with zero attached hydrogens (tertiary/aromatic N) is 5. The van der Waals surface area contributed by atoms with Crippen molar-refractivity contribution in [3.05, 3.63) is 59.7 Å². The van der Waals surface area contributed by atoms with Crippen molar-refractivity contribution in [1.82, 2.24) is 24.7 Å². The van der Waals surface area contributed by atoms with E-state index < -0.39 is 0 Å². The van der Waals surface area contributed by atoms with Crippen LogP contribution in [0.5, 0.6) is 5.75 Å². The van der Waals surface area contributed by atoms with Gasteiger partial charge in [-0.3, -0.25) is 0 Å². The van der Waals surface area contributed by atoms with Crippen molar-refractivity contribution in [3.8, 4) is 23.0 Å². The molecule has 3 aromatic heterocycles. The number of pyridine rings is 1. The minimum Gasteiger partial charge on any atom is -0.497 e. The zero-order chi connectivity index (χ0) is 17.7. The fourth-order valence-electron chi connectivity index (χ4n) is 3.73. The molecule has 0 aliphatic heterocycles. The van der Waals surface area contributed by atoms with Crippen LogP contribution in [0.15, 0.2) is 42.9 Å². The van der Waals surface area contributed by atoms with E-state index in [2.05, 4.69) is 28.1 Å². The Hall–Kier alpha value is -2.99. The predicted octanol–water partition coefficient (Wildman–Crippen LogP) is 3.71. The Morgan fingerprint density at radius 1 is 1.11 bits per heavy atom. The van der Waals surface area contributed by atoms with Gasteiger partial charge in [-0.15, -0.1) is 12.4 Å². The average molecular weight is 380 g/mol. The van der Waals surface area contributed by atoms with Crippen LogP contribution in [0.2, 0.25) is 0 Å². The number of rotatable bonds is 2. The van der Waals surface area contributed by atoms with E-state index in [-0.39, 0.29) is 12.4 Å². The fraction of sp³-hybridized carbons (Fsp3) is 0.200. The summed E-state index contributed by atoms with van der Waals surface area (Å²) >= 11 is 0. The molecule has 0 atom stereocenters. The molecule has 6 nitrogen and oxygen atoms in total. The van der Waals surface area contributed by atoms with Crippen molar-refractivity contribution in [3.63, 3.8) is 0 Å². The number of hydrogen-bond acceptors (Lipinski definition) is 5. The first-order valence-electron chi connectivity index (χ1n) is 8.58. The summed E-state index contributed by atoms with van der Waals surface area (Å²) in [6, 6.07) is 7.87. The van der Waals surface area contributed by atoms with Gasteiger partial charge in [0.2, 0.25) is 0 Å². The summed E-state index contributed by atoms with van der Waals surface area (Å²) in [5, 5.41) is 5.71. The van der Waals surface area contributed by atoms with Crippen LogP contribution in [-0.2, 0) is 12.8 Å². The molecule has 0 fully saturated rings. The zero-order valence-corrected chi connectivity index (χ0v) is 15.8. The third-order valence-corrected chi connectivity index (χ3v) is 5.06. The van der Waals surface area contributed by atoms with E-state index in [1.807, 2.05) is 23.0 Å². The maximum absolute atomic E-state index is 5.36. The number of fused-ring (bicyclic) bond motifs is 4. The molecule has 5 rings (SSSR count). The number of aryl methyl sites for hydroxylation is 1. The monoisotopic (exact) mass is 379 g/mol. The Labute approximate surface area is 162 Å². The lowest BCUT2D eigenvalue weighted by Gasteiger charge is -2.20. The molecule has 1 aliphatic rings. The van der Waals surface area contributed by atoms with Gasteiger partial charge < -0.3 is 4.74 Å². The molecule has 0 unspecified atom stereocenters. The molecular weight excluding hydrogens is 362 g/mol. The molecule has 4 aromatic rings. The molecule has 3 heterocycles. The van der Waals surface area contributed by atoms with Gasteiger partial charge in [-0.1, -0.05) is 0 Å². The molecule has 136 valence electrons. The SMILES string of the molecule is COc1ccc2c(C)c3c(nc2c1)-c1cnn(-c2ncccn2)c1CC3.Cl. The second-order valence-corrected chi connectivity index (χ2v) is 6.41. The van der Waals surface area contributed by atoms with E-state index in [1.165, 1.54) is 16.5 Å². The van der Waals surface area contributed by atoms with E-state index >= 15 is 0 Å². The Morgan fingerprint density at radius 2 is 1.93 bits per heavy atom. The molecule has 7 heteroatoms. The minimum atomic E-state index is 0. The van der Waals surface area contributed by atoms with Crippen LogP contribution in [0, 0.1) is 6.92 Å². The largest absolute Gasteiger partial charge is 0.497 e. The van der Waals surface area contributed by atoms with Gasteiger partial charge in [-0.05, 0) is 49.1 Å². The molecular formula is C20H18ClN5O. The van der Waals surface area contributed by atoms with Crippen molar-refractivity contribution >= 4 is 23.3 Å². The molecule has 0 saturated carbocycles. The zero-order valence-electron chi connectivity index (χ0n) is 15.0. The third-order valence-electron chi connectivity index (χ3n) is 5.06. The quantitative estimate of drug-likeness (QED) is 0.531. The normalized spacial score (nSPS) is 12.2. The van der Waals surface area contributed by atoms with Crippen molar-refractivity contribution in [2.45, 2.75) is 19.8 Å². The highest BCUT2D eigenvalue weighted by Crippen LogP contribution is 2.37. The molecule has 0 amide bonds. The lowest BCUT2D eigenvalue weighted by Crippen LogP contribution is -2.13. The van der Waals surface area contributed by atoms with E-state index in [0.717, 1.165) is 41.1 Å². The van der Waals surface area contributed by atoms with Crippen molar-refractivity contribution in [2.24, 2.45) is 0 Å². The summed E-state index contributed by atoms with van der Waals surface area (Å²) in [6.07, 6.45) is 7.17. The summed E-state index contributed by atoms with van der Waals surface area (Å²) < 4.78 is 7.19. The number of methoxy groups -OCH3 is 1. The standard InChI is InChI=1S/C20H17N5O.ClH/c1-12-14-5-4-13(26-2)10-17(14)24-19-15(12)6-7-18-16(19)11-23-25(18)20-21-8-3-9-22-20;/h3-5,8-11H,6-7H2,1-2H3;1H. The highest BCUT2D eigenvalue weighted by molar-refractivity contribution is 5.89. The van der Waals surface area contributed by atoms with Gasteiger partial charge in [-0.25, -0.2) is 19.6 Å². The molecule has 0 saturated heterocycles. The Morgan fingerprint density at radius 3 is 2.70 bits per heavy atom. The van der Waals surface area contributed by atoms with Crippen molar-refractivity contribution < 1.29 is 4.74 Å². The van der Waals surface area contributed by atoms with Crippen LogP contribution < -0.4 is 4.74 Å². The second-order valence-electron chi connectivity index (χ2n) is 6.41. The molecule has 1 aliphatic carbocycles. The summed E-state index contributed by atoms with van der Waals surface area (Å²) in [5.74, 6) is 1.41. The first kappa shape index (κ1) is 17.4. The second kappa shape index (κ2) is 6.63. The van der Waals surface area contributed by atoms with E-state index in [4.69, 9.17) is 9.72 Å². The minimum absolute atomic E-state index is 0. The van der Waals surface area contributed by atoms with Crippen LogP contribution >= 0.6 is 12.4 Å². The van der Waals surface area contributed by atoms with Gasteiger partial charge in [0.1, 0.15) is 5.75 Å². The topological polar surface area (TPSA) is 65.7 Å². The first-order valence-corrected chi connectivity index (χ1v) is 8.58. The first-order chi connectivity index (χ1) is 12.8. The number of hydrogen-bond donors (Lipinski definition) is 0. The average Bonchev–Trinajstić information content (AvgIpc) is 3.13. The van der Waals surface area contributed by atoms with Crippen LogP contribution in [-0.4, -0.2) is 31.8 Å². The van der Waals surface area contributed by atoms with E-state index in [1.54, 1.807) is 25.6 Å². The number of halogens is 1. The lowest BCUT2D eigenvalue weighted by atomic mass is 9.89. The maximum Gasteiger partial charge on any atom is 0.250 e. The van der Waals surface area contributed by atoms with Gasteiger partial charge >= 0.3 is 0 Å². The van der Waals surface area contributed by atoms with Gasteiger partial charge in [-0.2, -0.15) is 5.10 Å². The molecule has 0 spiro atoms. The predicted molar refractivity (Wildman–Crippen MR) is 106 cm³/mol. The van der Waals surface area contributed by atoms with Gasteiger partial charge in [0, 0.05) is 29.4 Å². The van der Waals surface area contributed by atoms with E-state index in [0.29, 0.717) is 5.95 Å². The van der Waals surface area contributed by atoms with Crippen molar-refractivity contribution in [2.75, 3.05) is 7.11 Å². The summed E-state index contributed by atoms with van der Waals surface area (Å²) in [5.41, 5.74) is 6.69. The number of ether oxygens (including phenoxy) is 1. The van der Waals surface area contributed by atoms with Gasteiger partial charge in [0.05, 0.1) is 30.2 Å². The Bertz CT molecular complexity index is 1140. The molecule has 0 bridgehead atoms. The highest BCUT2D eigenvalue weighted by Gasteiger charge is 2.25. The summed E-state index contributed by atoms with van der Waals surface area (Å²) in [7, 11) is 1.68. The molecule has 27 heavy (non-hydrogen) atoms. The third kappa shape index (κ3) is 2.64. The van der Waals surface area contributed by atoms with Gasteiger partial charge in [0.25, 0.3) is 5.95 Å². The van der Waals surface area contributed by atoms with Gasteiger partial charge in [0.15, 0.2) is 0 Å². The van der Waals surface area contributed by atoms with Crippen LogP contribution in [0.3, 0.4) is 0 Å². The number of benzene rings is 1. The smallest absolute Gasteiger partial charge is 0.250 e. The molecule has 1 aromatic carbocycles. The maximum atomic E-state index is 5.36. The van der Waals surface area contributed by atoms with Crippen LogP contribution in [0.1, 0.15) is 16.8 Å². The summed E-state index contributed by atoms with van der Waals surface area (Å²) in [6.45, 7) is 2.17. The fourth-order valence-corrected chi connectivity index (χ4v) is 3.73. The Balaban J connectivity index is 0.00000180. The summed E-state index contributed by atoms with van der Waals surface area (Å²) in [4.78, 5) is 13.6. The molecule has 0 N–H and O–H groups in total. The number of aromatic nitrogens is 5.